The molecule has 18 heavy (non-hydrogen) atoms. The first-order valence-electron chi connectivity index (χ1n) is 5.34. The number of rotatable bonds is 5. The summed E-state index contributed by atoms with van der Waals surface area (Å²) in [5.41, 5.74) is 1.92. The second-order valence-corrected chi connectivity index (χ2v) is 3.77. The molecule has 0 bridgehead atoms. The lowest BCUT2D eigenvalue weighted by Crippen LogP contribution is -2.07. The van der Waals surface area contributed by atoms with Crippen molar-refractivity contribution in [3.63, 3.8) is 0 Å². The number of aryl methyl sites for hydroxylation is 1. The fourth-order valence-corrected chi connectivity index (χ4v) is 1.44. The third-order valence-corrected chi connectivity index (χ3v) is 2.19. The van der Waals surface area contributed by atoms with E-state index in [-0.39, 0.29) is 13.2 Å². The lowest BCUT2D eigenvalue weighted by atomic mass is 10.1. The van der Waals surface area contributed by atoms with E-state index in [9.17, 15) is 4.79 Å². The minimum Gasteiger partial charge on any atom is -0.480 e. The lowest BCUT2D eigenvalue weighted by molar-refractivity contribution is -0.142. The van der Waals surface area contributed by atoms with Crippen LogP contribution >= 0.6 is 0 Å². The van der Waals surface area contributed by atoms with E-state index >= 15 is 0 Å². The van der Waals surface area contributed by atoms with E-state index in [4.69, 9.17) is 14.4 Å². The summed E-state index contributed by atoms with van der Waals surface area (Å²) in [6.45, 7) is 1.60. The van der Waals surface area contributed by atoms with Crippen LogP contribution in [-0.4, -0.2) is 27.8 Å². The zero-order valence-corrected chi connectivity index (χ0v) is 9.79. The van der Waals surface area contributed by atoms with Crippen molar-refractivity contribution >= 4 is 5.97 Å². The summed E-state index contributed by atoms with van der Waals surface area (Å²) in [5.74, 6) is -0.308. The number of carboxylic acids is 1. The van der Waals surface area contributed by atoms with Crippen LogP contribution in [0, 0.1) is 6.92 Å². The number of aromatic nitrogens is 2. The summed E-state index contributed by atoms with van der Waals surface area (Å²) in [7, 11) is 0. The molecule has 0 atom stereocenters. The second-order valence-electron chi connectivity index (χ2n) is 3.77. The third kappa shape index (κ3) is 3.14. The summed E-state index contributed by atoms with van der Waals surface area (Å²) >= 11 is 0. The molecule has 0 unspecified atom stereocenters. The predicted octanol–water partition coefficient (Wildman–Crippen LogP) is 1.65. The van der Waals surface area contributed by atoms with Crippen LogP contribution in [0.4, 0.5) is 0 Å². The molecule has 1 N–H and O–H groups in total. The fourth-order valence-electron chi connectivity index (χ4n) is 1.44. The van der Waals surface area contributed by atoms with Gasteiger partial charge >= 0.3 is 5.97 Å². The van der Waals surface area contributed by atoms with Gasteiger partial charge in [-0.15, -0.1) is 0 Å². The van der Waals surface area contributed by atoms with Crippen molar-refractivity contribution in [3.05, 3.63) is 35.7 Å². The van der Waals surface area contributed by atoms with Crippen LogP contribution in [0.2, 0.25) is 0 Å². The molecule has 0 aliphatic carbocycles. The standard InChI is InChI=1S/C12H12N2O4/c1-8-3-2-4-9(5-8)12-13-10(14-18-12)6-17-7-11(15)16/h2-5H,6-7H2,1H3,(H,15,16). The van der Waals surface area contributed by atoms with Crippen molar-refractivity contribution in [2.75, 3.05) is 6.61 Å². The van der Waals surface area contributed by atoms with Crippen molar-refractivity contribution < 1.29 is 19.2 Å². The summed E-state index contributed by atoms with van der Waals surface area (Å²) in [6.07, 6.45) is 0. The summed E-state index contributed by atoms with van der Waals surface area (Å²) in [4.78, 5) is 14.4. The molecule has 0 aliphatic rings. The molecule has 0 fully saturated rings. The van der Waals surface area contributed by atoms with Gasteiger partial charge in [-0.25, -0.2) is 4.79 Å². The number of carbonyl (C=O) groups is 1. The zero-order valence-electron chi connectivity index (χ0n) is 9.79. The molecular formula is C12H12N2O4. The van der Waals surface area contributed by atoms with Crippen LogP contribution in [0.15, 0.2) is 28.8 Å². The highest BCUT2D eigenvalue weighted by Gasteiger charge is 2.09. The van der Waals surface area contributed by atoms with Gasteiger partial charge in [0.2, 0.25) is 0 Å². The highest BCUT2D eigenvalue weighted by molar-refractivity contribution is 5.67. The summed E-state index contributed by atoms with van der Waals surface area (Å²) in [5, 5.41) is 12.1. The largest absolute Gasteiger partial charge is 0.480 e. The Bertz CT molecular complexity index is 551. The molecule has 0 amide bonds. The fraction of sp³-hybridized carbons (Fsp3) is 0.250. The number of hydrogen-bond donors (Lipinski definition) is 1. The molecule has 94 valence electrons. The molecule has 2 rings (SSSR count). The maximum absolute atomic E-state index is 10.3. The van der Waals surface area contributed by atoms with Gasteiger partial charge in [-0.2, -0.15) is 4.98 Å². The van der Waals surface area contributed by atoms with Crippen LogP contribution < -0.4 is 0 Å². The Hall–Kier alpha value is -2.21. The Balaban J connectivity index is 2.04. The van der Waals surface area contributed by atoms with Gasteiger partial charge in [0.05, 0.1) is 0 Å². The Morgan fingerprint density at radius 3 is 3.06 bits per heavy atom. The number of hydrogen-bond acceptors (Lipinski definition) is 5. The van der Waals surface area contributed by atoms with Crippen LogP contribution in [0.1, 0.15) is 11.4 Å². The molecule has 0 saturated heterocycles. The number of aliphatic carboxylic acids is 1. The topological polar surface area (TPSA) is 85.5 Å². The average molecular weight is 248 g/mol. The predicted molar refractivity (Wildman–Crippen MR) is 61.8 cm³/mol. The molecule has 2 aromatic rings. The Kier molecular flexibility index (Phi) is 3.69. The maximum Gasteiger partial charge on any atom is 0.329 e. The lowest BCUT2D eigenvalue weighted by Gasteiger charge is -1.95. The van der Waals surface area contributed by atoms with Gasteiger partial charge in [0.25, 0.3) is 5.89 Å². The quantitative estimate of drug-likeness (QED) is 0.865. The van der Waals surface area contributed by atoms with Crippen LogP contribution in [-0.2, 0) is 16.1 Å². The van der Waals surface area contributed by atoms with Crippen LogP contribution in [0.3, 0.4) is 0 Å². The second kappa shape index (κ2) is 5.42. The van der Waals surface area contributed by atoms with Gasteiger partial charge < -0.3 is 14.4 Å². The minimum atomic E-state index is -1.03. The summed E-state index contributed by atoms with van der Waals surface area (Å²) in [6, 6.07) is 7.66. The Labute approximate surface area is 103 Å². The first-order valence-corrected chi connectivity index (χ1v) is 5.34. The van der Waals surface area contributed by atoms with E-state index in [1.54, 1.807) is 0 Å². The molecule has 0 radical (unpaired) electrons. The highest BCUT2D eigenvalue weighted by atomic mass is 16.5. The van der Waals surface area contributed by atoms with Gasteiger partial charge in [-0.3, -0.25) is 0 Å². The van der Waals surface area contributed by atoms with Gasteiger partial charge in [-0.05, 0) is 19.1 Å². The van der Waals surface area contributed by atoms with E-state index in [1.165, 1.54) is 0 Å². The Morgan fingerprint density at radius 1 is 1.50 bits per heavy atom. The van der Waals surface area contributed by atoms with E-state index < -0.39 is 5.97 Å². The molecule has 1 aromatic carbocycles. The first-order chi connectivity index (χ1) is 8.65. The summed E-state index contributed by atoms with van der Waals surface area (Å²) < 4.78 is 9.94. The van der Waals surface area contributed by atoms with Crippen molar-refractivity contribution in [2.24, 2.45) is 0 Å². The van der Waals surface area contributed by atoms with Crippen molar-refractivity contribution in [2.45, 2.75) is 13.5 Å². The Morgan fingerprint density at radius 2 is 2.33 bits per heavy atom. The van der Waals surface area contributed by atoms with Gasteiger partial charge in [0.15, 0.2) is 5.82 Å². The minimum absolute atomic E-state index is 0.0155. The molecule has 1 aromatic heterocycles. The highest BCUT2D eigenvalue weighted by Crippen LogP contribution is 2.18. The molecule has 6 heteroatoms. The number of benzene rings is 1. The van der Waals surface area contributed by atoms with E-state index in [0.29, 0.717) is 11.7 Å². The molecule has 0 saturated carbocycles. The zero-order chi connectivity index (χ0) is 13.0. The van der Waals surface area contributed by atoms with Crippen LogP contribution in [0.5, 0.6) is 0 Å². The third-order valence-electron chi connectivity index (χ3n) is 2.19. The SMILES string of the molecule is Cc1cccc(-c2nc(COCC(=O)O)no2)c1. The molecular weight excluding hydrogens is 236 g/mol. The number of nitrogens with zero attached hydrogens (tertiary/aromatic N) is 2. The normalized spacial score (nSPS) is 10.5. The van der Waals surface area contributed by atoms with Crippen molar-refractivity contribution in [3.8, 4) is 11.5 Å². The van der Waals surface area contributed by atoms with Gasteiger partial charge in [0, 0.05) is 5.56 Å². The van der Waals surface area contributed by atoms with E-state index in [2.05, 4.69) is 10.1 Å². The number of carboxylic acid groups (broad SMARTS) is 1. The smallest absolute Gasteiger partial charge is 0.329 e. The molecule has 6 nitrogen and oxygen atoms in total. The van der Waals surface area contributed by atoms with E-state index in [1.807, 2.05) is 31.2 Å². The van der Waals surface area contributed by atoms with Crippen molar-refractivity contribution in [1.82, 2.24) is 10.1 Å². The molecule has 1 heterocycles. The molecule has 0 spiro atoms. The van der Waals surface area contributed by atoms with Gasteiger partial charge in [0.1, 0.15) is 13.2 Å². The monoisotopic (exact) mass is 248 g/mol. The first kappa shape index (κ1) is 12.3. The van der Waals surface area contributed by atoms with E-state index in [0.717, 1.165) is 11.1 Å². The van der Waals surface area contributed by atoms with Crippen LogP contribution in [0.25, 0.3) is 11.5 Å². The van der Waals surface area contributed by atoms with Crippen molar-refractivity contribution in [1.29, 1.82) is 0 Å². The maximum atomic E-state index is 10.3. The number of ether oxygens (including phenoxy) is 1. The molecule has 0 aliphatic heterocycles. The average Bonchev–Trinajstić information content (AvgIpc) is 2.77. The van der Waals surface area contributed by atoms with Gasteiger partial charge in [-0.1, -0.05) is 22.9 Å².